The molecule has 0 aliphatic carbocycles. The van der Waals surface area contributed by atoms with Gasteiger partial charge in [0.25, 0.3) is 0 Å². The number of hydrogen-bond donors (Lipinski definition) is 3. The maximum Gasteiger partial charge on any atom is 0.411 e. The molecule has 0 aliphatic rings. The van der Waals surface area contributed by atoms with Crippen molar-refractivity contribution in [1.29, 1.82) is 0 Å². The van der Waals surface area contributed by atoms with E-state index in [-0.39, 0.29) is 30.0 Å². The number of nitrogens with one attached hydrogen (secondary N) is 2. The summed E-state index contributed by atoms with van der Waals surface area (Å²) in [6.07, 6.45) is 5.79. The van der Waals surface area contributed by atoms with Gasteiger partial charge in [-0.05, 0) is 47.5 Å². The van der Waals surface area contributed by atoms with Crippen molar-refractivity contribution in [3.8, 4) is 0 Å². The average Bonchev–Trinajstić information content (AvgIpc) is 3.06. The molecular weight excluding hydrogens is 576 g/mol. The van der Waals surface area contributed by atoms with E-state index in [1.165, 1.54) is 19.2 Å². The molecule has 4 aromatic rings. The Hall–Kier alpha value is -6.16. The number of carboxylic acids is 1. The van der Waals surface area contributed by atoms with E-state index in [1.54, 1.807) is 48.6 Å². The Morgan fingerprint density at radius 1 is 0.600 bits per heavy atom. The molecule has 4 aromatic carbocycles. The molecule has 2 amide bonds. The highest BCUT2D eigenvalue weighted by atomic mass is 16.6. The third-order valence-electron chi connectivity index (χ3n) is 5.80. The van der Waals surface area contributed by atoms with Gasteiger partial charge < -0.3 is 19.3 Å². The van der Waals surface area contributed by atoms with Gasteiger partial charge in [-0.25, -0.2) is 19.2 Å². The van der Waals surface area contributed by atoms with Gasteiger partial charge in [-0.1, -0.05) is 97.1 Å². The summed E-state index contributed by atoms with van der Waals surface area (Å²) in [7, 11) is 1.28. The fourth-order valence-corrected chi connectivity index (χ4v) is 3.70. The van der Waals surface area contributed by atoms with Gasteiger partial charge in [-0.2, -0.15) is 0 Å². The predicted octanol–water partition coefficient (Wildman–Crippen LogP) is 7.38. The number of para-hydroxylation sites is 2. The van der Waals surface area contributed by atoms with Crippen molar-refractivity contribution in [3.63, 3.8) is 0 Å². The Labute approximate surface area is 260 Å². The fraction of sp³-hybridized carbons (Fsp3) is 0.0857. The summed E-state index contributed by atoms with van der Waals surface area (Å²) >= 11 is 0. The first-order chi connectivity index (χ1) is 21.9. The summed E-state index contributed by atoms with van der Waals surface area (Å²) in [5.74, 6) is -1.63. The number of carbonyl (C=O) groups excluding carboxylic acids is 3. The standard InChI is InChI=1S/C18H17NO4.C17H15NO4/c1-22-17(20)15-11-5-6-12-16(15)19-18(21)23-13-7-10-14-8-3-2-4-9-14;19-16(20)14-10-4-5-11-15(14)18-17(21)22-12-6-9-13-7-2-1-3-8-13/h2-12H,13H2,1H3,(H,19,21);1-11H,12H2,(H,18,21)(H,19,20)/b10-7+;9-6+. The van der Waals surface area contributed by atoms with Crippen LogP contribution >= 0.6 is 0 Å². The maximum absolute atomic E-state index is 11.8. The molecule has 0 radical (unpaired) electrons. The van der Waals surface area contributed by atoms with Crippen LogP contribution in [0.2, 0.25) is 0 Å². The monoisotopic (exact) mass is 608 g/mol. The number of rotatable bonds is 10. The van der Waals surface area contributed by atoms with Gasteiger partial charge in [0, 0.05) is 0 Å². The van der Waals surface area contributed by atoms with Gasteiger partial charge >= 0.3 is 24.1 Å². The number of benzene rings is 4. The lowest BCUT2D eigenvalue weighted by Crippen LogP contribution is -2.16. The van der Waals surface area contributed by atoms with Crippen LogP contribution in [-0.4, -0.2) is 49.6 Å². The minimum atomic E-state index is -1.11. The molecule has 0 saturated carbocycles. The zero-order valence-corrected chi connectivity index (χ0v) is 24.4. The van der Waals surface area contributed by atoms with Crippen LogP contribution < -0.4 is 10.6 Å². The number of aromatic carboxylic acids is 1. The molecule has 0 aromatic heterocycles. The van der Waals surface area contributed by atoms with Crippen LogP contribution in [0.1, 0.15) is 31.8 Å². The molecule has 0 unspecified atom stereocenters. The van der Waals surface area contributed by atoms with Crippen molar-refractivity contribution in [2.24, 2.45) is 0 Å². The van der Waals surface area contributed by atoms with E-state index in [0.717, 1.165) is 11.1 Å². The first kappa shape index (κ1) is 33.3. The van der Waals surface area contributed by atoms with Crippen molar-refractivity contribution >= 4 is 47.7 Å². The van der Waals surface area contributed by atoms with E-state index < -0.39 is 24.1 Å². The number of carbonyl (C=O) groups is 4. The van der Waals surface area contributed by atoms with Crippen LogP contribution in [-0.2, 0) is 14.2 Å². The van der Waals surface area contributed by atoms with Gasteiger partial charge in [0.1, 0.15) is 13.2 Å². The Morgan fingerprint density at radius 2 is 1.00 bits per heavy atom. The molecule has 0 fully saturated rings. The Balaban J connectivity index is 0.000000246. The minimum Gasteiger partial charge on any atom is -0.478 e. The molecule has 0 spiro atoms. The number of ether oxygens (including phenoxy) is 3. The zero-order valence-electron chi connectivity index (χ0n) is 24.4. The van der Waals surface area contributed by atoms with Crippen molar-refractivity contribution < 1.29 is 38.5 Å². The lowest BCUT2D eigenvalue weighted by molar-refractivity contribution is 0.0601. The lowest BCUT2D eigenvalue weighted by Gasteiger charge is -2.09. The highest BCUT2D eigenvalue weighted by Crippen LogP contribution is 2.17. The molecule has 0 heterocycles. The van der Waals surface area contributed by atoms with Gasteiger partial charge in [0.05, 0.1) is 29.6 Å². The van der Waals surface area contributed by atoms with Crippen LogP contribution in [0.5, 0.6) is 0 Å². The molecule has 0 aliphatic heterocycles. The van der Waals surface area contributed by atoms with E-state index in [9.17, 15) is 19.2 Å². The predicted molar refractivity (Wildman–Crippen MR) is 172 cm³/mol. The smallest absolute Gasteiger partial charge is 0.411 e. The van der Waals surface area contributed by atoms with E-state index >= 15 is 0 Å². The Morgan fingerprint density at radius 3 is 1.44 bits per heavy atom. The zero-order chi connectivity index (χ0) is 32.3. The topological polar surface area (TPSA) is 140 Å². The largest absolute Gasteiger partial charge is 0.478 e. The van der Waals surface area contributed by atoms with Crippen LogP contribution in [0.25, 0.3) is 12.2 Å². The van der Waals surface area contributed by atoms with E-state index in [4.69, 9.17) is 14.6 Å². The van der Waals surface area contributed by atoms with Crippen LogP contribution in [0.15, 0.2) is 121 Å². The number of methoxy groups -OCH3 is 1. The number of esters is 1. The first-order valence-electron chi connectivity index (χ1n) is 13.7. The molecule has 10 heteroatoms. The number of hydrogen-bond acceptors (Lipinski definition) is 7. The summed E-state index contributed by atoms with van der Waals surface area (Å²) in [5, 5.41) is 14.0. The second-order valence-corrected chi connectivity index (χ2v) is 8.96. The van der Waals surface area contributed by atoms with Crippen molar-refractivity contribution in [1.82, 2.24) is 0 Å². The first-order valence-corrected chi connectivity index (χ1v) is 13.7. The van der Waals surface area contributed by atoms with Crippen LogP contribution in [0.3, 0.4) is 0 Å². The normalized spacial score (nSPS) is 10.3. The molecular formula is C35H32N2O8. The molecule has 0 bridgehead atoms. The number of carboxylic acid groups (broad SMARTS) is 1. The third-order valence-corrected chi connectivity index (χ3v) is 5.80. The summed E-state index contributed by atoms with van der Waals surface area (Å²) in [6, 6.07) is 32.0. The molecule has 0 atom stereocenters. The summed E-state index contributed by atoms with van der Waals surface area (Å²) < 4.78 is 14.7. The van der Waals surface area contributed by atoms with Crippen molar-refractivity contribution in [2.45, 2.75) is 0 Å². The maximum atomic E-state index is 11.8. The lowest BCUT2D eigenvalue weighted by atomic mass is 10.2. The minimum absolute atomic E-state index is 0.0132. The summed E-state index contributed by atoms with van der Waals surface area (Å²) in [4.78, 5) is 46.0. The van der Waals surface area contributed by atoms with E-state index in [0.29, 0.717) is 5.69 Å². The van der Waals surface area contributed by atoms with E-state index in [1.807, 2.05) is 72.8 Å². The Kier molecular flexibility index (Phi) is 13.6. The molecule has 230 valence electrons. The van der Waals surface area contributed by atoms with E-state index in [2.05, 4.69) is 15.4 Å². The van der Waals surface area contributed by atoms with Crippen molar-refractivity contribution in [3.05, 3.63) is 144 Å². The molecule has 0 saturated heterocycles. The highest BCUT2D eigenvalue weighted by molar-refractivity contribution is 6.00. The second kappa shape index (κ2) is 18.4. The highest BCUT2D eigenvalue weighted by Gasteiger charge is 2.14. The molecule has 10 nitrogen and oxygen atoms in total. The van der Waals surface area contributed by atoms with Gasteiger partial charge in [0.15, 0.2) is 0 Å². The van der Waals surface area contributed by atoms with Gasteiger partial charge in [-0.15, -0.1) is 0 Å². The van der Waals surface area contributed by atoms with Crippen LogP contribution in [0, 0.1) is 0 Å². The fourth-order valence-electron chi connectivity index (χ4n) is 3.70. The molecule has 45 heavy (non-hydrogen) atoms. The number of anilines is 2. The number of amides is 2. The molecule has 4 rings (SSSR count). The third kappa shape index (κ3) is 11.9. The van der Waals surface area contributed by atoms with Crippen molar-refractivity contribution in [2.75, 3.05) is 31.0 Å². The van der Waals surface area contributed by atoms with Gasteiger partial charge in [0.2, 0.25) is 0 Å². The SMILES string of the molecule is COC(=O)c1ccccc1NC(=O)OC/C=C/c1ccccc1.O=C(Nc1ccccc1C(=O)O)OC/C=C/c1ccccc1. The summed E-state index contributed by atoms with van der Waals surface area (Å²) in [5.41, 5.74) is 2.85. The second-order valence-electron chi connectivity index (χ2n) is 8.96. The average molecular weight is 609 g/mol. The van der Waals surface area contributed by atoms with Gasteiger partial charge in [-0.3, -0.25) is 10.6 Å². The summed E-state index contributed by atoms with van der Waals surface area (Å²) in [6.45, 7) is 0.219. The quantitative estimate of drug-likeness (QED) is 0.125. The van der Waals surface area contributed by atoms with Crippen LogP contribution in [0.4, 0.5) is 21.0 Å². The Bertz CT molecular complexity index is 1620. The molecule has 3 N–H and O–H groups in total.